The Balaban J connectivity index is 1.82. The maximum Gasteiger partial charge on any atom is 0.358 e. The van der Waals surface area contributed by atoms with Crippen LogP contribution in [0.2, 0.25) is 0 Å². The molecule has 0 fully saturated rings. The predicted molar refractivity (Wildman–Crippen MR) is 76.4 cm³/mol. The van der Waals surface area contributed by atoms with Crippen molar-refractivity contribution >= 4 is 5.97 Å². The van der Waals surface area contributed by atoms with Crippen molar-refractivity contribution in [2.24, 2.45) is 0 Å². The quantitative estimate of drug-likeness (QED) is 0.799. The highest BCUT2D eigenvalue weighted by Gasteiger charge is 2.08. The number of nitrogens with zero attached hydrogens (tertiary/aromatic N) is 3. The first-order chi connectivity index (χ1) is 10.1. The van der Waals surface area contributed by atoms with Crippen LogP contribution in [-0.4, -0.2) is 39.7 Å². The lowest BCUT2D eigenvalue weighted by Crippen LogP contribution is -2.23. The first-order valence-corrected chi connectivity index (χ1v) is 6.61. The van der Waals surface area contributed by atoms with E-state index in [1.54, 1.807) is 7.11 Å². The van der Waals surface area contributed by atoms with Crippen LogP contribution in [0.4, 0.5) is 0 Å². The normalized spacial score (nSPS) is 12.1. The van der Waals surface area contributed by atoms with Crippen LogP contribution in [0, 0.1) is 0 Å². The van der Waals surface area contributed by atoms with Crippen LogP contribution in [0.15, 0.2) is 30.5 Å². The van der Waals surface area contributed by atoms with Crippen molar-refractivity contribution in [3.05, 3.63) is 41.7 Å². The van der Waals surface area contributed by atoms with Crippen LogP contribution in [0.25, 0.3) is 0 Å². The number of hydrogen-bond acceptors (Lipinski definition) is 5. The molecule has 0 amide bonds. The zero-order valence-electron chi connectivity index (χ0n) is 12.0. The Hall–Kier alpha value is -2.41. The van der Waals surface area contributed by atoms with Gasteiger partial charge in [0, 0.05) is 12.6 Å². The Morgan fingerprint density at radius 1 is 1.43 bits per heavy atom. The largest absolute Gasteiger partial charge is 0.497 e. The molecule has 1 heterocycles. The number of carbonyl (C=O) groups is 1. The van der Waals surface area contributed by atoms with Crippen molar-refractivity contribution in [1.29, 1.82) is 0 Å². The van der Waals surface area contributed by atoms with E-state index in [1.165, 1.54) is 10.9 Å². The molecule has 2 rings (SSSR count). The van der Waals surface area contributed by atoms with Crippen molar-refractivity contribution in [3.8, 4) is 5.75 Å². The highest BCUT2D eigenvalue weighted by Crippen LogP contribution is 2.16. The van der Waals surface area contributed by atoms with Crippen molar-refractivity contribution in [2.45, 2.75) is 19.5 Å². The minimum absolute atomic E-state index is 0.0433. The van der Waals surface area contributed by atoms with Crippen LogP contribution >= 0.6 is 0 Å². The highest BCUT2D eigenvalue weighted by atomic mass is 16.5. The summed E-state index contributed by atoms with van der Waals surface area (Å²) in [6.07, 6.45) is 1.42. The molecule has 112 valence electrons. The van der Waals surface area contributed by atoms with Crippen LogP contribution in [0.5, 0.6) is 5.75 Å². The smallest absolute Gasteiger partial charge is 0.358 e. The summed E-state index contributed by atoms with van der Waals surface area (Å²) in [6, 6.07) is 8.04. The molecule has 1 aromatic heterocycles. The van der Waals surface area contributed by atoms with E-state index in [0.717, 1.165) is 11.3 Å². The first kappa shape index (κ1) is 15.0. The van der Waals surface area contributed by atoms with E-state index < -0.39 is 5.97 Å². The van der Waals surface area contributed by atoms with Gasteiger partial charge in [-0.15, -0.1) is 5.10 Å². The number of rotatable bonds is 7. The molecule has 1 atom stereocenters. The summed E-state index contributed by atoms with van der Waals surface area (Å²) in [6.45, 7) is 3.28. The SMILES string of the molecule is COc1ccc(C(C)NCCn2cc(C(=O)O)nn2)cc1. The molecule has 0 spiro atoms. The van der Waals surface area contributed by atoms with E-state index in [2.05, 4.69) is 22.6 Å². The number of carboxylic acid groups (broad SMARTS) is 1. The van der Waals surface area contributed by atoms with Gasteiger partial charge in [-0.25, -0.2) is 4.79 Å². The van der Waals surface area contributed by atoms with Gasteiger partial charge in [0.2, 0.25) is 0 Å². The minimum atomic E-state index is -1.07. The fourth-order valence-corrected chi connectivity index (χ4v) is 1.91. The Labute approximate surface area is 122 Å². The second-order valence-corrected chi connectivity index (χ2v) is 4.62. The summed E-state index contributed by atoms with van der Waals surface area (Å²) >= 11 is 0. The molecule has 7 heteroatoms. The fourth-order valence-electron chi connectivity index (χ4n) is 1.91. The average molecular weight is 290 g/mol. The lowest BCUT2D eigenvalue weighted by atomic mass is 10.1. The van der Waals surface area contributed by atoms with E-state index in [4.69, 9.17) is 9.84 Å². The standard InChI is InChI=1S/C14H18N4O3/c1-10(11-3-5-12(21-2)6-4-11)15-7-8-18-9-13(14(19)20)16-17-18/h3-6,9-10,15H,7-8H2,1-2H3,(H,19,20). The van der Waals surface area contributed by atoms with Crippen LogP contribution in [0.3, 0.4) is 0 Å². The van der Waals surface area contributed by atoms with E-state index in [-0.39, 0.29) is 11.7 Å². The zero-order chi connectivity index (χ0) is 15.2. The summed E-state index contributed by atoms with van der Waals surface area (Å²) in [5.41, 5.74) is 1.11. The van der Waals surface area contributed by atoms with Gasteiger partial charge in [0.15, 0.2) is 5.69 Å². The number of hydrogen-bond donors (Lipinski definition) is 2. The lowest BCUT2D eigenvalue weighted by Gasteiger charge is -2.14. The van der Waals surface area contributed by atoms with Gasteiger partial charge in [0.05, 0.1) is 19.9 Å². The highest BCUT2D eigenvalue weighted by molar-refractivity contribution is 5.84. The topological polar surface area (TPSA) is 89.3 Å². The predicted octanol–water partition coefficient (Wildman–Crippen LogP) is 1.34. The third kappa shape index (κ3) is 4.03. The number of carboxylic acids is 1. The third-order valence-corrected chi connectivity index (χ3v) is 3.16. The number of benzene rings is 1. The number of methoxy groups -OCH3 is 1. The monoisotopic (exact) mass is 290 g/mol. The van der Waals surface area contributed by atoms with Gasteiger partial charge in [-0.05, 0) is 24.6 Å². The van der Waals surface area contributed by atoms with Gasteiger partial charge in [-0.1, -0.05) is 17.3 Å². The van der Waals surface area contributed by atoms with Crippen molar-refractivity contribution in [1.82, 2.24) is 20.3 Å². The van der Waals surface area contributed by atoms with E-state index >= 15 is 0 Å². The lowest BCUT2D eigenvalue weighted by molar-refractivity contribution is 0.0690. The molecule has 0 aliphatic heterocycles. The maximum absolute atomic E-state index is 10.7. The molecule has 0 saturated heterocycles. The van der Waals surface area contributed by atoms with E-state index in [9.17, 15) is 4.79 Å². The molecular formula is C14H18N4O3. The minimum Gasteiger partial charge on any atom is -0.497 e. The number of ether oxygens (including phenoxy) is 1. The molecule has 0 saturated carbocycles. The number of nitrogens with one attached hydrogen (secondary N) is 1. The Morgan fingerprint density at radius 3 is 2.71 bits per heavy atom. The van der Waals surface area contributed by atoms with Crippen LogP contribution in [0.1, 0.15) is 29.0 Å². The maximum atomic E-state index is 10.7. The molecule has 7 nitrogen and oxygen atoms in total. The van der Waals surface area contributed by atoms with E-state index in [1.807, 2.05) is 24.3 Å². The van der Waals surface area contributed by atoms with Crippen LogP contribution in [-0.2, 0) is 6.54 Å². The van der Waals surface area contributed by atoms with E-state index in [0.29, 0.717) is 13.1 Å². The van der Waals surface area contributed by atoms with Gasteiger partial charge < -0.3 is 15.2 Å². The summed E-state index contributed by atoms with van der Waals surface area (Å²) in [5.74, 6) is -0.240. The second kappa shape index (κ2) is 6.85. The Bertz CT molecular complexity index is 595. The second-order valence-electron chi connectivity index (χ2n) is 4.62. The molecular weight excluding hydrogens is 272 g/mol. The molecule has 0 aliphatic rings. The average Bonchev–Trinajstić information content (AvgIpc) is 2.96. The first-order valence-electron chi connectivity index (χ1n) is 6.61. The molecule has 2 N–H and O–H groups in total. The number of aromatic nitrogens is 3. The van der Waals surface area contributed by atoms with Gasteiger partial charge in [-0.2, -0.15) is 0 Å². The molecule has 21 heavy (non-hydrogen) atoms. The molecule has 1 aromatic carbocycles. The Kier molecular flexibility index (Phi) is 4.89. The summed E-state index contributed by atoms with van der Waals surface area (Å²) < 4.78 is 6.63. The summed E-state index contributed by atoms with van der Waals surface area (Å²) in [7, 11) is 1.64. The molecule has 1 unspecified atom stereocenters. The molecule has 0 bridgehead atoms. The Morgan fingerprint density at radius 2 is 2.14 bits per heavy atom. The van der Waals surface area contributed by atoms with Crippen LogP contribution < -0.4 is 10.1 Å². The molecule has 0 aliphatic carbocycles. The zero-order valence-corrected chi connectivity index (χ0v) is 12.0. The van der Waals surface area contributed by atoms with Gasteiger partial charge in [0.1, 0.15) is 5.75 Å². The van der Waals surface area contributed by atoms with Crippen molar-refractivity contribution in [2.75, 3.05) is 13.7 Å². The summed E-state index contributed by atoms with van der Waals surface area (Å²) in [4.78, 5) is 10.7. The van der Waals surface area contributed by atoms with Gasteiger partial charge >= 0.3 is 5.97 Å². The van der Waals surface area contributed by atoms with Crippen molar-refractivity contribution < 1.29 is 14.6 Å². The van der Waals surface area contributed by atoms with Crippen molar-refractivity contribution in [3.63, 3.8) is 0 Å². The summed E-state index contributed by atoms with van der Waals surface area (Å²) in [5, 5.41) is 19.4. The third-order valence-electron chi connectivity index (χ3n) is 3.16. The van der Waals surface area contributed by atoms with Gasteiger partial charge in [0.25, 0.3) is 0 Å². The molecule has 0 radical (unpaired) electrons. The fraction of sp³-hybridized carbons (Fsp3) is 0.357. The molecule has 2 aromatic rings. The number of aromatic carboxylic acids is 1. The van der Waals surface area contributed by atoms with Gasteiger partial charge in [-0.3, -0.25) is 4.68 Å².